The predicted molar refractivity (Wildman–Crippen MR) is 68.2 cm³/mol. The highest BCUT2D eigenvalue weighted by Crippen LogP contribution is 2.16. The zero-order valence-corrected chi connectivity index (χ0v) is 11.0. The molecule has 0 bridgehead atoms. The van der Waals surface area contributed by atoms with Crippen LogP contribution in [-0.2, 0) is 14.3 Å². The van der Waals surface area contributed by atoms with Crippen molar-refractivity contribution in [3.63, 3.8) is 0 Å². The highest BCUT2D eigenvalue weighted by molar-refractivity contribution is 5.85. The van der Waals surface area contributed by atoms with Crippen LogP contribution >= 0.6 is 0 Å². The second kappa shape index (κ2) is 8.88. The fourth-order valence-electron chi connectivity index (χ4n) is 1.96. The van der Waals surface area contributed by atoms with Crippen LogP contribution in [0.25, 0.3) is 0 Å². The molecular formula is C12H23N3O3. The summed E-state index contributed by atoms with van der Waals surface area (Å²) in [6.45, 7) is 1.25. The van der Waals surface area contributed by atoms with Gasteiger partial charge in [0.25, 0.3) is 0 Å². The highest BCUT2D eigenvalue weighted by Gasteiger charge is 2.15. The van der Waals surface area contributed by atoms with Crippen LogP contribution in [0.3, 0.4) is 0 Å². The summed E-state index contributed by atoms with van der Waals surface area (Å²) >= 11 is 0. The molecule has 2 amide bonds. The quantitative estimate of drug-likeness (QED) is 0.507. The van der Waals surface area contributed by atoms with E-state index in [0.29, 0.717) is 19.2 Å². The van der Waals surface area contributed by atoms with E-state index >= 15 is 0 Å². The summed E-state index contributed by atoms with van der Waals surface area (Å²) < 4.78 is 4.80. The zero-order valence-electron chi connectivity index (χ0n) is 11.0. The Bertz CT molecular complexity index is 265. The normalized spacial score (nSPS) is 15.6. The molecule has 0 aliphatic heterocycles. The van der Waals surface area contributed by atoms with Gasteiger partial charge in [0.15, 0.2) is 0 Å². The Labute approximate surface area is 108 Å². The number of hydrogen-bond donors (Lipinski definition) is 3. The third-order valence-electron chi connectivity index (χ3n) is 2.98. The Kier molecular flexibility index (Phi) is 7.36. The maximum atomic E-state index is 11.5. The Hall–Kier alpha value is -1.14. The molecule has 0 radical (unpaired) electrons. The minimum Gasteiger partial charge on any atom is -0.383 e. The number of amides is 2. The van der Waals surface area contributed by atoms with Gasteiger partial charge in [-0.05, 0) is 12.8 Å². The van der Waals surface area contributed by atoms with Crippen molar-refractivity contribution in [2.24, 2.45) is 0 Å². The van der Waals surface area contributed by atoms with E-state index in [1.54, 1.807) is 7.11 Å². The molecule has 0 aromatic rings. The lowest BCUT2D eigenvalue weighted by Gasteiger charge is -2.11. The molecule has 104 valence electrons. The molecule has 1 saturated carbocycles. The highest BCUT2D eigenvalue weighted by atomic mass is 16.5. The molecule has 0 spiro atoms. The van der Waals surface area contributed by atoms with Crippen LogP contribution in [-0.4, -0.2) is 51.2 Å². The summed E-state index contributed by atoms with van der Waals surface area (Å²) in [5.41, 5.74) is 0. The summed E-state index contributed by atoms with van der Waals surface area (Å²) in [7, 11) is 1.57. The average Bonchev–Trinajstić information content (AvgIpc) is 2.87. The molecule has 1 aliphatic carbocycles. The van der Waals surface area contributed by atoms with Crippen LogP contribution in [0, 0.1) is 0 Å². The van der Waals surface area contributed by atoms with Gasteiger partial charge in [-0.25, -0.2) is 0 Å². The molecular weight excluding hydrogens is 234 g/mol. The van der Waals surface area contributed by atoms with Crippen LogP contribution in [0.5, 0.6) is 0 Å². The standard InChI is InChI=1S/C12H23N3O3/c1-18-7-6-13-11(16)9-15-12(17)8-14-10-4-2-3-5-10/h10,14H,2-9H2,1H3,(H,13,16)(H,15,17). The van der Waals surface area contributed by atoms with Crippen LogP contribution in [0.4, 0.5) is 0 Å². The Morgan fingerprint density at radius 2 is 1.78 bits per heavy atom. The first-order valence-electron chi connectivity index (χ1n) is 6.48. The van der Waals surface area contributed by atoms with Crippen molar-refractivity contribution in [2.45, 2.75) is 31.7 Å². The van der Waals surface area contributed by atoms with Gasteiger partial charge in [0.05, 0.1) is 19.7 Å². The van der Waals surface area contributed by atoms with Gasteiger partial charge in [-0.1, -0.05) is 12.8 Å². The largest absolute Gasteiger partial charge is 0.383 e. The Balaban J connectivity index is 1.99. The van der Waals surface area contributed by atoms with Crippen molar-refractivity contribution < 1.29 is 14.3 Å². The molecule has 0 aromatic heterocycles. The fourth-order valence-corrected chi connectivity index (χ4v) is 1.96. The molecule has 0 aromatic carbocycles. The molecule has 0 unspecified atom stereocenters. The van der Waals surface area contributed by atoms with E-state index in [-0.39, 0.29) is 24.9 Å². The number of methoxy groups -OCH3 is 1. The molecule has 0 heterocycles. The first-order chi connectivity index (χ1) is 8.72. The summed E-state index contributed by atoms with van der Waals surface area (Å²) in [6.07, 6.45) is 4.76. The Morgan fingerprint density at radius 1 is 1.11 bits per heavy atom. The van der Waals surface area contributed by atoms with Crippen molar-refractivity contribution in [3.05, 3.63) is 0 Å². The molecule has 3 N–H and O–H groups in total. The van der Waals surface area contributed by atoms with E-state index in [9.17, 15) is 9.59 Å². The molecule has 1 fully saturated rings. The van der Waals surface area contributed by atoms with Gasteiger partial charge in [0, 0.05) is 19.7 Å². The minimum absolute atomic E-state index is 0.0227. The number of ether oxygens (including phenoxy) is 1. The zero-order chi connectivity index (χ0) is 13.2. The lowest BCUT2D eigenvalue weighted by molar-refractivity contribution is -0.125. The maximum Gasteiger partial charge on any atom is 0.239 e. The van der Waals surface area contributed by atoms with Crippen molar-refractivity contribution in [2.75, 3.05) is 33.4 Å². The average molecular weight is 257 g/mol. The monoisotopic (exact) mass is 257 g/mol. The molecule has 1 aliphatic rings. The number of carbonyl (C=O) groups is 2. The molecule has 1 rings (SSSR count). The summed E-state index contributed by atoms with van der Waals surface area (Å²) in [5.74, 6) is -0.329. The van der Waals surface area contributed by atoms with E-state index in [4.69, 9.17) is 4.74 Å². The lowest BCUT2D eigenvalue weighted by Crippen LogP contribution is -2.43. The molecule has 0 atom stereocenters. The van der Waals surface area contributed by atoms with Gasteiger partial charge in [-0.2, -0.15) is 0 Å². The van der Waals surface area contributed by atoms with E-state index < -0.39 is 0 Å². The molecule has 6 heteroatoms. The number of carbonyl (C=O) groups excluding carboxylic acids is 2. The fraction of sp³-hybridized carbons (Fsp3) is 0.833. The minimum atomic E-state index is -0.193. The maximum absolute atomic E-state index is 11.5. The van der Waals surface area contributed by atoms with Gasteiger partial charge in [0.1, 0.15) is 0 Å². The first kappa shape index (κ1) is 14.9. The predicted octanol–water partition coefficient (Wildman–Crippen LogP) is -0.603. The van der Waals surface area contributed by atoms with Crippen molar-refractivity contribution in [1.82, 2.24) is 16.0 Å². The van der Waals surface area contributed by atoms with Crippen LogP contribution in [0.2, 0.25) is 0 Å². The van der Waals surface area contributed by atoms with E-state index in [1.807, 2.05) is 0 Å². The van der Waals surface area contributed by atoms with Crippen LogP contribution in [0.1, 0.15) is 25.7 Å². The summed E-state index contributed by atoms with van der Waals surface area (Å²) in [4.78, 5) is 22.7. The smallest absolute Gasteiger partial charge is 0.239 e. The third-order valence-corrected chi connectivity index (χ3v) is 2.98. The number of hydrogen-bond acceptors (Lipinski definition) is 4. The Morgan fingerprint density at radius 3 is 2.44 bits per heavy atom. The second-order valence-corrected chi connectivity index (χ2v) is 4.48. The van der Waals surface area contributed by atoms with Gasteiger partial charge in [-0.3, -0.25) is 9.59 Å². The van der Waals surface area contributed by atoms with Crippen LogP contribution < -0.4 is 16.0 Å². The van der Waals surface area contributed by atoms with Gasteiger partial charge < -0.3 is 20.7 Å². The van der Waals surface area contributed by atoms with Crippen LogP contribution in [0.15, 0.2) is 0 Å². The third kappa shape index (κ3) is 6.56. The van der Waals surface area contributed by atoms with Gasteiger partial charge in [0.2, 0.25) is 11.8 Å². The first-order valence-corrected chi connectivity index (χ1v) is 6.48. The summed E-state index contributed by atoms with van der Waals surface area (Å²) in [5, 5.41) is 8.41. The number of nitrogens with one attached hydrogen (secondary N) is 3. The van der Waals surface area contributed by atoms with E-state index in [0.717, 1.165) is 12.8 Å². The van der Waals surface area contributed by atoms with Crippen molar-refractivity contribution >= 4 is 11.8 Å². The number of rotatable bonds is 8. The van der Waals surface area contributed by atoms with Crippen molar-refractivity contribution in [3.8, 4) is 0 Å². The van der Waals surface area contributed by atoms with E-state index in [1.165, 1.54) is 12.8 Å². The molecule has 0 saturated heterocycles. The topological polar surface area (TPSA) is 79.5 Å². The van der Waals surface area contributed by atoms with Crippen molar-refractivity contribution in [1.29, 1.82) is 0 Å². The molecule has 18 heavy (non-hydrogen) atoms. The van der Waals surface area contributed by atoms with E-state index in [2.05, 4.69) is 16.0 Å². The lowest BCUT2D eigenvalue weighted by atomic mass is 10.2. The second-order valence-electron chi connectivity index (χ2n) is 4.48. The van der Waals surface area contributed by atoms with Gasteiger partial charge in [-0.15, -0.1) is 0 Å². The molecule has 6 nitrogen and oxygen atoms in total. The van der Waals surface area contributed by atoms with Gasteiger partial charge >= 0.3 is 0 Å². The SMILES string of the molecule is COCCNC(=O)CNC(=O)CNC1CCCC1. The summed E-state index contributed by atoms with van der Waals surface area (Å²) in [6, 6.07) is 0.464.